The Balaban J connectivity index is 1.69. The van der Waals surface area contributed by atoms with Gasteiger partial charge < -0.3 is 19.5 Å². The largest absolute Gasteiger partial charge is 0.468 e. The number of aromatic nitrogens is 1. The average molecular weight is 556 g/mol. The van der Waals surface area contributed by atoms with Gasteiger partial charge in [-0.15, -0.1) is 0 Å². The summed E-state index contributed by atoms with van der Waals surface area (Å²) in [4.78, 5) is 27.6. The number of benzene rings is 2. The lowest BCUT2D eigenvalue weighted by atomic mass is 10.1. The van der Waals surface area contributed by atoms with E-state index in [0.29, 0.717) is 48.4 Å². The number of hydrogen-bond acceptors (Lipinski definition) is 8. The molecule has 0 spiro atoms. The van der Waals surface area contributed by atoms with Crippen molar-refractivity contribution < 1.29 is 32.6 Å². The molecular weight excluding hydrogens is 522 g/mol. The zero-order valence-corrected chi connectivity index (χ0v) is 23.3. The fourth-order valence-electron chi connectivity index (χ4n) is 5.13. The molecule has 1 aromatic heterocycles. The lowest BCUT2D eigenvalue weighted by Gasteiger charge is -2.37. The van der Waals surface area contributed by atoms with Crippen LogP contribution in [0.2, 0.25) is 0 Å². The van der Waals surface area contributed by atoms with Crippen molar-refractivity contribution in [1.82, 2.24) is 8.87 Å². The molecule has 208 valence electrons. The van der Waals surface area contributed by atoms with Crippen molar-refractivity contribution in [2.24, 2.45) is 0 Å². The van der Waals surface area contributed by atoms with E-state index in [1.54, 1.807) is 26.8 Å². The summed E-state index contributed by atoms with van der Waals surface area (Å²) >= 11 is 0. The first-order valence-corrected chi connectivity index (χ1v) is 14.4. The number of fused-ring (bicyclic) bond motifs is 1. The Hall–Kier alpha value is -3.41. The molecule has 10 nitrogen and oxygen atoms in total. The number of sulfonamides is 1. The third kappa shape index (κ3) is 5.02. The number of carbonyl (C=O) groups excluding carboxylic acids is 2. The summed E-state index contributed by atoms with van der Waals surface area (Å²) in [6.07, 6.45) is -0.147. The normalized spacial score (nSPS) is 20.2. The third-order valence-electron chi connectivity index (χ3n) is 7.09. The molecule has 2 aliphatic rings. The third-order valence-corrected chi connectivity index (χ3v) is 8.99. The van der Waals surface area contributed by atoms with E-state index in [-0.39, 0.29) is 11.4 Å². The van der Waals surface area contributed by atoms with Gasteiger partial charge in [0.15, 0.2) is 0 Å². The number of para-hydroxylation sites is 1. The average Bonchev–Trinajstić information content (AvgIpc) is 3.45. The number of aliphatic hydroxyl groups is 1. The van der Waals surface area contributed by atoms with Crippen molar-refractivity contribution in [2.75, 3.05) is 31.6 Å². The Morgan fingerprint density at radius 2 is 1.77 bits per heavy atom. The number of β-amino-alcohol motifs (C(OH)–C–C–N with tert-alkyl or cyclic N) is 1. The van der Waals surface area contributed by atoms with E-state index in [0.717, 1.165) is 9.69 Å². The van der Waals surface area contributed by atoms with Gasteiger partial charge in [-0.3, -0.25) is 4.79 Å². The SMILES string of the molecule is COC(=O)C1CCN1S(=O)(=O)c1ccc(N2CCC(O)C2)c(-c2cc3ccccc3n2C(=O)OC(C)(C)C)c1. The molecule has 39 heavy (non-hydrogen) atoms. The molecule has 2 aliphatic heterocycles. The van der Waals surface area contributed by atoms with Gasteiger partial charge in [-0.2, -0.15) is 4.31 Å². The van der Waals surface area contributed by atoms with Crippen LogP contribution in [0.15, 0.2) is 53.4 Å². The molecular formula is C28H33N3O7S. The molecule has 2 aromatic carbocycles. The summed E-state index contributed by atoms with van der Waals surface area (Å²) in [6, 6.07) is 13.1. The van der Waals surface area contributed by atoms with Crippen LogP contribution in [-0.2, 0) is 24.3 Å². The number of esters is 1. The Morgan fingerprint density at radius 3 is 2.38 bits per heavy atom. The number of rotatable bonds is 5. The van der Waals surface area contributed by atoms with E-state index in [1.165, 1.54) is 23.8 Å². The molecule has 5 rings (SSSR count). The van der Waals surface area contributed by atoms with Crippen molar-refractivity contribution in [3.05, 3.63) is 48.5 Å². The molecule has 3 heterocycles. The van der Waals surface area contributed by atoms with Crippen molar-refractivity contribution in [3.8, 4) is 11.3 Å². The number of carbonyl (C=O) groups is 2. The van der Waals surface area contributed by atoms with Crippen LogP contribution in [0, 0.1) is 0 Å². The molecule has 0 amide bonds. The standard InChI is InChI=1S/C28H33N3O7S/c1-28(2,3)38-27(34)31-22-8-6-5-7-18(22)15-25(31)21-16-20(9-10-23(21)29-13-11-19(32)17-29)39(35,36)30-14-12-24(30)26(33)37-4/h5-10,15-16,19,24,32H,11-14,17H2,1-4H3. The first kappa shape index (κ1) is 27.2. The van der Waals surface area contributed by atoms with Crippen LogP contribution in [-0.4, -0.2) is 79.0 Å². The highest BCUT2D eigenvalue weighted by Gasteiger charge is 2.44. The van der Waals surface area contributed by atoms with Crippen LogP contribution in [0.5, 0.6) is 0 Å². The summed E-state index contributed by atoms with van der Waals surface area (Å²) in [5.74, 6) is -0.599. The molecule has 3 aromatic rings. The van der Waals surface area contributed by atoms with Crippen molar-refractivity contribution >= 4 is 38.7 Å². The van der Waals surface area contributed by atoms with Gasteiger partial charge in [0, 0.05) is 36.3 Å². The Kier molecular flexibility index (Phi) is 6.94. The zero-order valence-electron chi connectivity index (χ0n) is 22.5. The highest BCUT2D eigenvalue weighted by atomic mass is 32.2. The van der Waals surface area contributed by atoms with Crippen LogP contribution >= 0.6 is 0 Å². The number of methoxy groups -OCH3 is 1. The van der Waals surface area contributed by atoms with Gasteiger partial charge >= 0.3 is 12.1 Å². The number of anilines is 1. The van der Waals surface area contributed by atoms with Crippen LogP contribution in [0.4, 0.5) is 10.5 Å². The molecule has 1 N–H and O–H groups in total. The number of ether oxygens (including phenoxy) is 2. The summed E-state index contributed by atoms with van der Waals surface area (Å²) in [6.45, 7) is 6.50. The monoisotopic (exact) mass is 555 g/mol. The molecule has 0 saturated carbocycles. The van der Waals surface area contributed by atoms with E-state index in [1.807, 2.05) is 35.2 Å². The quantitative estimate of drug-likeness (QED) is 0.475. The molecule has 11 heteroatoms. The maximum absolute atomic E-state index is 13.7. The molecule has 2 atom stereocenters. The van der Waals surface area contributed by atoms with Crippen LogP contribution in [0.1, 0.15) is 33.6 Å². The maximum Gasteiger partial charge on any atom is 0.419 e. The van der Waals surface area contributed by atoms with Crippen molar-refractivity contribution in [2.45, 2.75) is 56.3 Å². The van der Waals surface area contributed by atoms with Gasteiger partial charge in [0.1, 0.15) is 11.6 Å². The summed E-state index contributed by atoms with van der Waals surface area (Å²) in [5, 5.41) is 11.0. The topological polar surface area (TPSA) is 118 Å². The lowest BCUT2D eigenvalue weighted by Crippen LogP contribution is -2.55. The van der Waals surface area contributed by atoms with E-state index in [2.05, 4.69) is 0 Å². The van der Waals surface area contributed by atoms with Gasteiger partial charge in [0.25, 0.3) is 0 Å². The molecule has 0 radical (unpaired) electrons. The Labute approximate surface area is 227 Å². The minimum Gasteiger partial charge on any atom is -0.468 e. The highest BCUT2D eigenvalue weighted by Crippen LogP contribution is 2.39. The van der Waals surface area contributed by atoms with E-state index < -0.39 is 39.8 Å². The molecule has 0 aliphatic carbocycles. The second-order valence-electron chi connectivity index (χ2n) is 10.9. The second kappa shape index (κ2) is 9.96. The summed E-state index contributed by atoms with van der Waals surface area (Å²) in [7, 11) is -2.81. The lowest BCUT2D eigenvalue weighted by molar-refractivity contribution is -0.148. The minimum absolute atomic E-state index is 0.00408. The molecule has 2 fully saturated rings. The Bertz CT molecular complexity index is 1540. The van der Waals surface area contributed by atoms with Crippen LogP contribution in [0.25, 0.3) is 22.2 Å². The van der Waals surface area contributed by atoms with E-state index in [9.17, 15) is 23.1 Å². The van der Waals surface area contributed by atoms with Crippen molar-refractivity contribution in [3.63, 3.8) is 0 Å². The highest BCUT2D eigenvalue weighted by molar-refractivity contribution is 7.89. The predicted octanol–water partition coefficient (Wildman–Crippen LogP) is 3.60. The molecule has 2 unspecified atom stereocenters. The van der Waals surface area contributed by atoms with Crippen molar-refractivity contribution in [1.29, 1.82) is 0 Å². The fraction of sp³-hybridized carbons (Fsp3) is 0.429. The van der Waals surface area contributed by atoms with Gasteiger partial charge in [-0.05, 0) is 63.9 Å². The zero-order chi connectivity index (χ0) is 28.1. The van der Waals surface area contributed by atoms with Gasteiger partial charge in [0.05, 0.1) is 29.3 Å². The number of hydrogen-bond donors (Lipinski definition) is 1. The van der Waals surface area contributed by atoms with E-state index in [4.69, 9.17) is 9.47 Å². The number of nitrogens with zero attached hydrogens (tertiary/aromatic N) is 3. The number of aliphatic hydroxyl groups excluding tert-OH is 1. The molecule has 0 bridgehead atoms. The smallest absolute Gasteiger partial charge is 0.419 e. The minimum atomic E-state index is -4.04. The second-order valence-corrected chi connectivity index (χ2v) is 12.8. The first-order valence-electron chi connectivity index (χ1n) is 12.9. The van der Waals surface area contributed by atoms with Crippen LogP contribution < -0.4 is 4.90 Å². The van der Waals surface area contributed by atoms with Gasteiger partial charge in [-0.1, -0.05) is 18.2 Å². The Morgan fingerprint density at radius 1 is 1.03 bits per heavy atom. The first-order chi connectivity index (χ1) is 18.4. The van der Waals surface area contributed by atoms with Gasteiger partial charge in [0.2, 0.25) is 10.0 Å². The maximum atomic E-state index is 13.7. The summed E-state index contributed by atoms with van der Waals surface area (Å²) in [5.41, 5.74) is 1.52. The predicted molar refractivity (Wildman–Crippen MR) is 146 cm³/mol. The van der Waals surface area contributed by atoms with Crippen LogP contribution in [0.3, 0.4) is 0 Å². The van der Waals surface area contributed by atoms with Gasteiger partial charge in [-0.25, -0.2) is 17.8 Å². The summed E-state index contributed by atoms with van der Waals surface area (Å²) < 4.78 is 40.5. The van der Waals surface area contributed by atoms with E-state index >= 15 is 0 Å². The molecule has 2 saturated heterocycles. The fourth-order valence-corrected chi connectivity index (χ4v) is 6.78.